The predicted octanol–water partition coefficient (Wildman–Crippen LogP) is 1.82. The smallest absolute Gasteiger partial charge is 0.233 e. The second-order valence-electron chi connectivity index (χ2n) is 6.66. The van der Waals surface area contributed by atoms with Crippen molar-refractivity contribution in [3.8, 4) is 0 Å². The first-order valence-electron chi connectivity index (χ1n) is 7.69. The van der Waals surface area contributed by atoms with Crippen LogP contribution in [0.2, 0.25) is 0 Å². The Labute approximate surface area is 127 Å². The molecule has 5 heteroatoms. The van der Waals surface area contributed by atoms with Crippen molar-refractivity contribution < 1.29 is 4.79 Å². The Morgan fingerprint density at radius 2 is 1.65 bits per heavy atom. The first kappa shape index (κ1) is 15.7. The Morgan fingerprint density at radius 1 is 1.15 bits per heavy atom. The molecule has 0 heterocycles. The Morgan fingerprint density at radius 3 is 2.10 bits per heavy atom. The van der Waals surface area contributed by atoms with Crippen LogP contribution in [-0.2, 0) is 4.79 Å². The van der Waals surface area contributed by atoms with E-state index in [4.69, 9.17) is 18.0 Å². The summed E-state index contributed by atoms with van der Waals surface area (Å²) in [5, 5.41) is 3.16. The summed E-state index contributed by atoms with van der Waals surface area (Å²) < 4.78 is 0. The van der Waals surface area contributed by atoms with E-state index in [1.165, 1.54) is 12.8 Å². The molecule has 0 atom stereocenters. The first-order chi connectivity index (χ1) is 9.43. The van der Waals surface area contributed by atoms with Crippen LogP contribution < -0.4 is 11.1 Å². The number of nitrogens with zero attached hydrogens (tertiary/aromatic N) is 1. The molecule has 2 aliphatic rings. The SMILES string of the molecule is CN(C)C1(CNC(=O)C2(C(N)=S)CCCC2)CCCC1. The quantitative estimate of drug-likeness (QED) is 0.760. The number of hydrogen-bond acceptors (Lipinski definition) is 3. The van der Waals surface area contributed by atoms with E-state index in [2.05, 4.69) is 24.3 Å². The maximum absolute atomic E-state index is 12.6. The van der Waals surface area contributed by atoms with Crippen LogP contribution >= 0.6 is 12.2 Å². The van der Waals surface area contributed by atoms with Gasteiger partial charge in [0.25, 0.3) is 0 Å². The topological polar surface area (TPSA) is 58.4 Å². The van der Waals surface area contributed by atoms with Gasteiger partial charge in [-0.15, -0.1) is 0 Å². The third kappa shape index (κ3) is 2.70. The van der Waals surface area contributed by atoms with Gasteiger partial charge in [0.15, 0.2) is 0 Å². The van der Waals surface area contributed by atoms with Gasteiger partial charge in [0.2, 0.25) is 5.91 Å². The van der Waals surface area contributed by atoms with E-state index < -0.39 is 5.41 Å². The van der Waals surface area contributed by atoms with E-state index in [9.17, 15) is 4.79 Å². The van der Waals surface area contributed by atoms with Gasteiger partial charge in [-0.25, -0.2) is 0 Å². The summed E-state index contributed by atoms with van der Waals surface area (Å²) in [7, 11) is 4.22. The molecular formula is C15H27N3OS. The molecule has 0 unspecified atom stereocenters. The molecule has 0 saturated heterocycles. The van der Waals surface area contributed by atoms with Gasteiger partial charge >= 0.3 is 0 Å². The Bertz CT molecular complexity index is 383. The fraction of sp³-hybridized carbons (Fsp3) is 0.867. The molecule has 0 aromatic rings. The zero-order valence-corrected chi connectivity index (χ0v) is 13.5. The number of likely N-dealkylation sites (N-methyl/N-ethyl adjacent to an activating group) is 1. The summed E-state index contributed by atoms with van der Waals surface area (Å²) >= 11 is 5.18. The number of nitrogens with two attached hydrogens (primary N) is 1. The molecule has 0 aromatic heterocycles. The molecule has 0 aromatic carbocycles. The molecule has 0 radical (unpaired) electrons. The van der Waals surface area contributed by atoms with Gasteiger partial charge in [-0.05, 0) is 39.8 Å². The number of nitrogens with one attached hydrogen (secondary N) is 1. The van der Waals surface area contributed by atoms with Gasteiger partial charge in [0.1, 0.15) is 0 Å². The lowest BCUT2D eigenvalue weighted by Gasteiger charge is -2.38. The largest absolute Gasteiger partial charge is 0.392 e. The van der Waals surface area contributed by atoms with Crippen molar-refractivity contribution >= 4 is 23.1 Å². The van der Waals surface area contributed by atoms with Gasteiger partial charge in [0, 0.05) is 12.1 Å². The third-order valence-electron chi connectivity index (χ3n) is 5.42. The van der Waals surface area contributed by atoms with E-state index in [1.807, 2.05) is 0 Å². The van der Waals surface area contributed by atoms with Crippen LogP contribution in [0.1, 0.15) is 51.4 Å². The molecule has 0 aliphatic heterocycles. The summed E-state index contributed by atoms with van der Waals surface area (Å²) in [5.41, 5.74) is 5.41. The van der Waals surface area contributed by atoms with Crippen LogP contribution in [0, 0.1) is 5.41 Å². The molecule has 2 saturated carbocycles. The van der Waals surface area contributed by atoms with Crippen molar-refractivity contribution in [3.63, 3.8) is 0 Å². The maximum atomic E-state index is 12.6. The third-order valence-corrected chi connectivity index (χ3v) is 5.82. The van der Waals surface area contributed by atoms with Crippen LogP contribution in [0.5, 0.6) is 0 Å². The Balaban J connectivity index is 2.02. The number of rotatable bonds is 5. The van der Waals surface area contributed by atoms with Gasteiger partial charge < -0.3 is 16.0 Å². The number of carbonyl (C=O) groups excluding carboxylic acids is 1. The second-order valence-corrected chi connectivity index (χ2v) is 7.10. The summed E-state index contributed by atoms with van der Waals surface area (Å²) in [6, 6.07) is 0. The molecule has 0 bridgehead atoms. The first-order valence-corrected chi connectivity index (χ1v) is 8.09. The lowest BCUT2D eigenvalue weighted by molar-refractivity contribution is -0.127. The van der Waals surface area contributed by atoms with Crippen LogP contribution in [0.3, 0.4) is 0 Å². The summed E-state index contributed by atoms with van der Waals surface area (Å²) in [6.45, 7) is 0.712. The van der Waals surface area contributed by atoms with Crippen LogP contribution in [-0.4, -0.2) is 42.0 Å². The molecule has 1 amide bonds. The van der Waals surface area contributed by atoms with Crippen molar-refractivity contribution in [3.05, 3.63) is 0 Å². The highest BCUT2D eigenvalue weighted by Gasteiger charge is 2.45. The average molecular weight is 297 g/mol. The van der Waals surface area contributed by atoms with Crippen LogP contribution in [0.25, 0.3) is 0 Å². The molecular weight excluding hydrogens is 270 g/mol. The maximum Gasteiger partial charge on any atom is 0.233 e. The van der Waals surface area contributed by atoms with Crippen molar-refractivity contribution in [2.75, 3.05) is 20.6 Å². The second kappa shape index (κ2) is 5.98. The van der Waals surface area contributed by atoms with Gasteiger partial charge in [0.05, 0.1) is 10.4 Å². The van der Waals surface area contributed by atoms with Crippen molar-refractivity contribution in [2.24, 2.45) is 11.1 Å². The van der Waals surface area contributed by atoms with Crippen LogP contribution in [0.4, 0.5) is 0 Å². The van der Waals surface area contributed by atoms with Gasteiger partial charge in [-0.1, -0.05) is 37.9 Å². The summed E-state index contributed by atoms with van der Waals surface area (Å²) in [4.78, 5) is 15.3. The van der Waals surface area contributed by atoms with E-state index in [1.54, 1.807) is 0 Å². The number of thiocarbonyl (C=S) groups is 1. The molecule has 2 aliphatic carbocycles. The Kier molecular flexibility index (Phi) is 4.69. The minimum absolute atomic E-state index is 0.0515. The van der Waals surface area contributed by atoms with Gasteiger partial charge in [-0.3, -0.25) is 4.79 Å². The Hall–Kier alpha value is -0.680. The van der Waals surface area contributed by atoms with Crippen LogP contribution in [0.15, 0.2) is 0 Å². The van der Waals surface area contributed by atoms with E-state index in [0.29, 0.717) is 11.5 Å². The molecule has 0 spiro atoms. The lowest BCUT2D eigenvalue weighted by atomic mass is 9.84. The molecule has 4 nitrogen and oxygen atoms in total. The van der Waals surface area contributed by atoms with Gasteiger partial charge in [-0.2, -0.15) is 0 Å². The lowest BCUT2D eigenvalue weighted by Crippen LogP contribution is -2.55. The van der Waals surface area contributed by atoms with Crippen molar-refractivity contribution in [2.45, 2.75) is 56.9 Å². The highest BCUT2D eigenvalue weighted by molar-refractivity contribution is 7.80. The van der Waals surface area contributed by atoms with Crippen molar-refractivity contribution in [1.29, 1.82) is 0 Å². The average Bonchev–Trinajstić information content (AvgIpc) is 3.06. The highest BCUT2D eigenvalue weighted by Crippen LogP contribution is 2.39. The normalized spacial score (nSPS) is 23.9. The molecule has 20 heavy (non-hydrogen) atoms. The summed E-state index contributed by atoms with van der Waals surface area (Å²) in [6.07, 6.45) is 8.50. The molecule has 114 valence electrons. The number of carbonyl (C=O) groups is 1. The zero-order valence-electron chi connectivity index (χ0n) is 12.7. The molecule has 2 fully saturated rings. The zero-order chi connectivity index (χ0) is 14.8. The number of amides is 1. The minimum Gasteiger partial charge on any atom is -0.392 e. The predicted molar refractivity (Wildman–Crippen MR) is 85.6 cm³/mol. The van der Waals surface area contributed by atoms with Crippen molar-refractivity contribution in [1.82, 2.24) is 10.2 Å². The fourth-order valence-corrected chi connectivity index (χ4v) is 4.09. The highest BCUT2D eigenvalue weighted by atomic mass is 32.1. The molecule has 3 N–H and O–H groups in total. The monoisotopic (exact) mass is 297 g/mol. The number of hydrogen-bond donors (Lipinski definition) is 2. The fourth-order valence-electron chi connectivity index (χ4n) is 3.79. The van der Waals surface area contributed by atoms with E-state index >= 15 is 0 Å². The minimum atomic E-state index is -0.582. The standard InChI is InChI=1S/C15H27N3OS/c1-18(2)14(7-3-4-8-14)11-17-13(19)15(12(16)20)9-5-6-10-15/h3-11H2,1-2H3,(H2,16,20)(H,17,19). The molecule has 2 rings (SSSR count). The van der Waals surface area contributed by atoms with E-state index in [-0.39, 0.29) is 11.4 Å². The van der Waals surface area contributed by atoms with E-state index in [0.717, 1.165) is 38.5 Å². The summed E-state index contributed by atoms with van der Waals surface area (Å²) in [5.74, 6) is 0.0515.